The Morgan fingerprint density at radius 3 is 2.36 bits per heavy atom. The Morgan fingerprint density at radius 1 is 1.05 bits per heavy atom. The second kappa shape index (κ2) is 14.2. The number of nitrogens with two attached hydrogens (primary N) is 1. The number of nitrogens with zero attached hydrogens (tertiary/aromatic N) is 6. The van der Waals surface area contributed by atoms with Crippen molar-refractivity contribution in [3.05, 3.63) is 83.0 Å². The SMILES string of the molecule is C#C.C#C.C[C@@H]1CC[C@H]2Cn3c(nc4nc(/C(N)=N/C(=O)O)nc(-c5cccc(Cl)c5)c43)N3CCOC1=C23.c1ccccc1. The van der Waals surface area contributed by atoms with Gasteiger partial charge < -0.3 is 25.0 Å². The number of aliphatic imine (C=N–C) groups is 1. The summed E-state index contributed by atoms with van der Waals surface area (Å²) in [7, 11) is 0. The average molecular weight is 610 g/mol. The molecule has 3 aliphatic rings. The van der Waals surface area contributed by atoms with Crippen LogP contribution in [-0.2, 0) is 11.3 Å². The van der Waals surface area contributed by atoms with Crippen molar-refractivity contribution >= 4 is 40.6 Å². The second-order valence-corrected chi connectivity index (χ2v) is 10.4. The lowest BCUT2D eigenvalue weighted by Gasteiger charge is -2.45. The summed E-state index contributed by atoms with van der Waals surface area (Å²) >= 11 is 6.29. The van der Waals surface area contributed by atoms with Gasteiger partial charge in [0.25, 0.3) is 0 Å². The number of carbonyl (C=O) groups is 1. The van der Waals surface area contributed by atoms with E-state index in [-0.39, 0.29) is 11.7 Å². The summed E-state index contributed by atoms with van der Waals surface area (Å²) in [6.45, 7) is 4.22. The predicted octanol–water partition coefficient (Wildman–Crippen LogP) is 5.82. The number of carboxylic acid groups (broad SMARTS) is 1. The van der Waals surface area contributed by atoms with Crippen LogP contribution >= 0.6 is 11.6 Å². The third kappa shape index (κ3) is 6.36. The van der Waals surface area contributed by atoms with Gasteiger partial charge in [0.2, 0.25) is 5.95 Å². The monoisotopic (exact) mass is 609 g/mol. The van der Waals surface area contributed by atoms with E-state index < -0.39 is 6.09 Å². The number of amidine groups is 1. The molecule has 2 aliphatic heterocycles. The zero-order valence-electron chi connectivity index (χ0n) is 24.2. The van der Waals surface area contributed by atoms with Gasteiger partial charge in [-0.25, -0.2) is 14.8 Å². The van der Waals surface area contributed by atoms with E-state index in [9.17, 15) is 4.79 Å². The van der Waals surface area contributed by atoms with Crippen molar-refractivity contribution in [2.45, 2.75) is 26.3 Å². The van der Waals surface area contributed by atoms with Crippen molar-refractivity contribution < 1.29 is 14.6 Å². The molecule has 0 saturated heterocycles. The Labute approximate surface area is 261 Å². The number of terminal acetylenes is 2. The van der Waals surface area contributed by atoms with Gasteiger partial charge in [0.05, 0.1) is 12.2 Å². The summed E-state index contributed by atoms with van der Waals surface area (Å²) in [5.41, 5.74) is 9.67. The number of rotatable bonds is 2. The van der Waals surface area contributed by atoms with Crippen LogP contribution in [0.2, 0.25) is 5.02 Å². The summed E-state index contributed by atoms with van der Waals surface area (Å²) in [5.74, 6) is 2.25. The van der Waals surface area contributed by atoms with E-state index in [1.165, 1.54) is 5.70 Å². The highest BCUT2D eigenvalue weighted by Gasteiger charge is 2.41. The second-order valence-electron chi connectivity index (χ2n) is 9.96. The molecule has 1 aliphatic carbocycles. The molecule has 7 rings (SSSR count). The highest BCUT2D eigenvalue weighted by molar-refractivity contribution is 6.30. The van der Waals surface area contributed by atoms with Crippen molar-refractivity contribution in [1.82, 2.24) is 19.5 Å². The Kier molecular flexibility index (Phi) is 10.2. The van der Waals surface area contributed by atoms with E-state index >= 15 is 0 Å². The van der Waals surface area contributed by atoms with Gasteiger partial charge in [-0.1, -0.05) is 67.1 Å². The quantitative estimate of drug-likeness (QED) is 0.165. The molecular weight excluding hydrogens is 578 g/mol. The largest absolute Gasteiger partial charge is 0.494 e. The minimum Gasteiger partial charge on any atom is -0.494 e. The van der Waals surface area contributed by atoms with Crippen LogP contribution in [0.5, 0.6) is 0 Å². The number of fused-ring (bicyclic) bond motifs is 4. The third-order valence-corrected chi connectivity index (χ3v) is 7.57. The maximum Gasteiger partial charge on any atom is 0.433 e. The number of hydrogen-bond acceptors (Lipinski definition) is 6. The molecule has 2 aromatic carbocycles. The fraction of sp³-hybridized carbons (Fsp3) is 0.242. The first-order valence-corrected chi connectivity index (χ1v) is 14.2. The van der Waals surface area contributed by atoms with E-state index in [0.29, 0.717) is 41.4 Å². The number of benzene rings is 2. The van der Waals surface area contributed by atoms with Crippen molar-refractivity contribution in [2.24, 2.45) is 22.6 Å². The normalized spacial score (nSPS) is 18.0. The molecule has 0 bridgehead atoms. The van der Waals surface area contributed by atoms with Crippen LogP contribution in [0.4, 0.5) is 10.7 Å². The van der Waals surface area contributed by atoms with E-state index in [2.05, 4.69) is 57.0 Å². The zero-order valence-corrected chi connectivity index (χ0v) is 24.9. The number of halogens is 1. The Morgan fingerprint density at radius 2 is 1.73 bits per heavy atom. The molecule has 10 nitrogen and oxygen atoms in total. The summed E-state index contributed by atoms with van der Waals surface area (Å²) in [4.78, 5) is 30.8. The van der Waals surface area contributed by atoms with Crippen LogP contribution in [0, 0.1) is 37.5 Å². The lowest BCUT2D eigenvalue weighted by Crippen LogP contribution is -2.45. The minimum atomic E-state index is -1.42. The Hall–Kier alpha value is -5.32. The van der Waals surface area contributed by atoms with Crippen LogP contribution in [-0.4, -0.2) is 49.7 Å². The zero-order chi connectivity index (χ0) is 31.8. The first-order valence-electron chi connectivity index (χ1n) is 13.8. The smallest absolute Gasteiger partial charge is 0.433 e. The van der Waals surface area contributed by atoms with E-state index in [1.807, 2.05) is 48.5 Å². The molecule has 0 fully saturated rings. The molecule has 4 heterocycles. The predicted molar refractivity (Wildman–Crippen MR) is 173 cm³/mol. The van der Waals surface area contributed by atoms with Crippen LogP contribution in [0.15, 0.2) is 77.1 Å². The molecule has 0 saturated carbocycles. The van der Waals surface area contributed by atoms with Crippen molar-refractivity contribution in [3.8, 4) is 37.0 Å². The van der Waals surface area contributed by atoms with Gasteiger partial charge in [-0.3, -0.25) is 0 Å². The molecule has 1 amide bonds. The molecule has 0 spiro atoms. The molecule has 4 aromatic rings. The van der Waals surface area contributed by atoms with Gasteiger partial charge in [0.1, 0.15) is 23.6 Å². The summed E-state index contributed by atoms with van der Waals surface area (Å²) in [6, 6.07) is 19.3. The fourth-order valence-corrected chi connectivity index (χ4v) is 5.80. The first kappa shape index (κ1) is 31.6. The molecular formula is C33H32ClN7O3. The molecule has 0 unspecified atom stereocenters. The third-order valence-electron chi connectivity index (χ3n) is 7.34. The molecule has 2 aromatic heterocycles. The van der Waals surface area contributed by atoms with Crippen molar-refractivity contribution in [1.29, 1.82) is 0 Å². The molecule has 3 N–H and O–H groups in total. The van der Waals surface area contributed by atoms with E-state index in [0.717, 1.165) is 42.2 Å². The molecule has 44 heavy (non-hydrogen) atoms. The standard InChI is InChI=1S/C23H22ClN7O3.C6H6.2C2H2/c1-11-5-6-13-10-31-17-15(12-3-2-4-14(24)9-12)26-21(19(25)27-23(32)33)28-20(17)29-22(31)30-7-8-34-18(11)16(13)30;1-2-4-6-5-3-1;2*1-2/h2-4,9,11,13H,5-8,10H2,1H3,(H2,25,27)(H,32,33);1-6H;2*1-2H/t11-,13+;;;/m1.../s1. The molecule has 224 valence electrons. The van der Waals surface area contributed by atoms with Crippen LogP contribution in [0.25, 0.3) is 22.4 Å². The lowest BCUT2D eigenvalue weighted by molar-refractivity contribution is 0.136. The van der Waals surface area contributed by atoms with Crippen LogP contribution in [0.1, 0.15) is 25.6 Å². The number of aromatic nitrogens is 4. The van der Waals surface area contributed by atoms with Gasteiger partial charge in [-0.2, -0.15) is 9.98 Å². The van der Waals surface area contributed by atoms with Gasteiger partial charge in [0.15, 0.2) is 17.3 Å². The van der Waals surface area contributed by atoms with Gasteiger partial charge in [-0.15, -0.1) is 25.7 Å². The summed E-state index contributed by atoms with van der Waals surface area (Å²) in [5, 5.41) is 9.62. The Bertz CT molecular complexity index is 1710. The highest BCUT2D eigenvalue weighted by Crippen LogP contribution is 2.46. The summed E-state index contributed by atoms with van der Waals surface area (Å²) in [6.07, 6.45) is 16.7. The van der Waals surface area contributed by atoms with Crippen LogP contribution < -0.4 is 10.6 Å². The minimum absolute atomic E-state index is 0.00763. The topological polar surface area (TPSA) is 132 Å². The molecule has 2 atom stereocenters. The lowest BCUT2D eigenvalue weighted by atomic mass is 9.83. The number of allylic oxidation sites excluding steroid dienone is 2. The number of hydrogen-bond donors (Lipinski definition) is 2. The molecule has 11 heteroatoms. The van der Waals surface area contributed by atoms with Gasteiger partial charge in [-0.05, 0) is 25.0 Å². The Balaban J connectivity index is 0.000000386. The number of ether oxygens (including phenoxy) is 1. The average Bonchev–Trinajstić information content (AvgIpc) is 3.44. The summed E-state index contributed by atoms with van der Waals surface area (Å²) < 4.78 is 8.24. The molecule has 0 radical (unpaired) electrons. The van der Waals surface area contributed by atoms with Gasteiger partial charge in [0, 0.05) is 29.0 Å². The van der Waals surface area contributed by atoms with E-state index in [4.69, 9.17) is 32.2 Å². The fourth-order valence-electron chi connectivity index (χ4n) is 5.61. The number of amides is 1. The maximum atomic E-state index is 11.1. The van der Waals surface area contributed by atoms with Crippen molar-refractivity contribution in [3.63, 3.8) is 0 Å². The van der Waals surface area contributed by atoms with Gasteiger partial charge >= 0.3 is 6.09 Å². The number of imidazole rings is 1. The van der Waals surface area contributed by atoms with Crippen molar-refractivity contribution in [2.75, 3.05) is 18.1 Å². The first-order chi connectivity index (χ1) is 21.4. The van der Waals surface area contributed by atoms with Crippen LogP contribution in [0.3, 0.4) is 0 Å². The van der Waals surface area contributed by atoms with E-state index in [1.54, 1.807) is 12.1 Å². The number of anilines is 1. The highest BCUT2D eigenvalue weighted by atomic mass is 35.5. The maximum absolute atomic E-state index is 11.1.